The topological polar surface area (TPSA) is 18.5 Å². The number of hydrogen-bond acceptors (Lipinski definition) is 2. The van der Waals surface area contributed by atoms with Crippen LogP contribution in [0.25, 0.3) is 0 Å². The van der Waals surface area contributed by atoms with E-state index in [1.165, 1.54) is 56.6 Å². The molecular weight excluding hydrogens is 352 g/mol. The van der Waals surface area contributed by atoms with Crippen LogP contribution in [0.3, 0.4) is 0 Å². The van der Waals surface area contributed by atoms with Crippen LogP contribution in [0, 0.1) is 17.8 Å². The molecule has 5 rings (SSSR count). The molecule has 3 heteroatoms. The molecule has 0 heterocycles. The summed E-state index contributed by atoms with van der Waals surface area (Å²) in [6.07, 6.45) is 11.1. The lowest BCUT2D eigenvalue weighted by molar-refractivity contribution is -0.00612. The predicted octanol–water partition coefficient (Wildman–Crippen LogP) is 5.96. The third kappa shape index (κ3) is 2.53. The molecule has 0 atom stereocenters. The lowest BCUT2D eigenvalue weighted by Crippen LogP contribution is -2.48. The van der Waals surface area contributed by atoms with Crippen LogP contribution in [0.15, 0.2) is 42.3 Å². The van der Waals surface area contributed by atoms with Crippen LogP contribution >= 0.6 is 15.9 Å². The molecule has 0 saturated heterocycles. The van der Waals surface area contributed by atoms with Gasteiger partial charge in [-0.1, -0.05) is 29.1 Å². The molecule has 0 radical (unpaired) electrons. The van der Waals surface area contributed by atoms with Crippen LogP contribution in [0.1, 0.15) is 44.1 Å². The number of rotatable bonds is 5. The minimum atomic E-state index is 0.246. The first-order chi connectivity index (χ1) is 11.1. The van der Waals surface area contributed by atoms with Gasteiger partial charge in [0, 0.05) is 10.0 Å². The van der Waals surface area contributed by atoms with Gasteiger partial charge in [-0.15, -0.1) is 0 Å². The maximum atomic E-state index is 5.84. The van der Waals surface area contributed by atoms with E-state index < -0.39 is 0 Å². The summed E-state index contributed by atoms with van der Waals surface area (Å²) < 4.78 is 12.5. The van der Waals surface area contributed by atoms with Crippen LogP contribution < -0.4 is 9.47 Å². The monoisotopic (exact) mass is 374 g/mol. The highest BCUT2D eigenvalue weighted by molar-refractivity contribution is 9.10. The fraction of sp³-hybridized carbons (Fsp3) is 0.500. The zero-order valence-electron chi connectivity index (χ0n) is 13.4. The first-order valence-electron chi connectivity index (χ1n) is 8.52. The third-order valence-electron chi connectivity index (χ3n) is 6.04. The van der Waals surface area contributed by atoms with Crippen LogP contribution in [-0.2, 0) is 5.41 Å². The summed E-state index contributed by atoms with van der Waals surface area (Å²) >= 11 is 3.65. The highest BCUT2D eigenvalue weighted by atomic mass is 79.9. The zero-order chi connectivity index (χ0) is 16.0. The average Bonchev–Trinajstić information content (AvgIpc) is 2.48. The van der Waals surface area contributed by atoms with Crippen molar-refractivity contribution in [3.63, 3.8) is 0 Å². The van der Waals surface area contributed by atoms with Crippen molar-refractivity contribution in [2.75, 3.05) is 0 Å². The fourth-order valence-electron chi connectivity index (χ4n) is 5.79. The van der Waals surface area contributed by atoms with Gasteiger partial charge in [0.05, 0.1) is 12.5 Å². The molecule has 0 aliphatic heterocycles. The molecule has 0 aromatic heterocycles. The third-order valence-corrected chi connectivity index (χ3v) is 6.50. The van der Waals surface area contributed by atoms with E-state index in [0.717, 1.165) is 33.7 Å². The van der Waals surface area contributed by atoms with Crippen molar-refractivity contribution in [2.24, 2.45) is 17.8 Å². The quantitative estimate of drug-likeness (QED) is 0.591. The molecule has 4 aliphatic carbocycles. The summed E-state index contributed by atoms with van der Waals surface area (Å²) in [6.45, 7) is 7.44. The van der Waals surface area contributed by atoms with Gasteiger partial charge in [0.15, 0.2) is 11.5 Å². The van der Waals surface area contributed by atoms with Crippen molar-refractivity contribution < 1.29 is 9.47 Å². The molecule has 4 aliphatic rings. The summed E-state index contributed by atoms with van der Waals surface area (Å²) in [5, 5.41) is 0. The normalized spacial score (nSPS) is 34.2. The van der Waals surface area contributed by atoms with Gasteiger partial charge in [0.25, 0.3) is 0 Å². The van der Waals surface area contributed by atoms with E-state index in [2.05, 4.69) is 35.2 Å². The second-order valence-electron chi connectivity index (χ2n) is 7.55. The Balaban J connectivity index is 1.84. The lowest BCUT2D eigenvalue weighted by Gasteiger charge is -2.57. The molecular formula is C20H23BrO2. The Bertz CT molecular complexity index is 614. The highest BCUT2D eigenvalue weighted by Crippen LogP contribution is 2.62. The van der Waals surface area contributed by atoms with Gasteiger partial charge in [0.2, 0.25) is 0 Å². The fourth-order valence-corrected chi connectivity index (χ4v) is 6.22. The molecule has 0 unspecified atom stereocenters. The number of ether oxygens (including phenoxy) is 2. The molecule has 4 fully saturated rings. The molecule has 122 valence electrons. The van der Waals surface area contributed by atoms with Crippen molar-refractivity contribution in [1.29, 1.82) is 0 Å². The Kier molecular flexibility index (Phi) is 3.79. The van der Waals surface area contributed by atoms with Gasteiger partial charge < -0.3 is 9.47 Å². The van der Waals surface area contributed by atoms with E-state index in [0.29, 0.717) is 0 Å². The SMILES string of the molecule is C=COc1cc(Br)cc(C23CC4CC(CC(C4)C2)C3)c1OC=C. The molecule has 4 saturated carbocycles. The summed E-state index contributed by atoms with van der Waals surface area (Å²) in [4.78, 5) is 0. The molecule has 0 N–H and O–H groups in total. The summed E-state index contributed by atoms with van der Waals surface area (Å²) in [5.41, 5.74) is 1.54. The largest absolute Gasteiger partial charge is 0.462 e. The lowest BCUT2D eigenvalue weighted by atomic mass is 9.48. The summed E-state index contributed by atoms with van der Waals surface area (Å²) in [5.74, 6) is 4.21. The van der Waals surface area contributed by atoms with E-state index in [9.17, 15) is 0 Å². The van der Waals surface area contributed by atoms with Crippen molar-refractivity contribution in [1.82, 2.24) is 0 Å². The molecule has 23 heavy (non-hydrogen) atoms. The Morgan fingerprint density at radius 3 is 2.04 bits per heavy atom. The van der Waals surface area contributed by atoms with Gasteiger partial charge in [-0.05, 0) is 73.8 Å². The van der Waals surface area contributed by atoms with E-state index >= 15 is 0 Å². The van der Waals surface area contributed by atoms with Gasteiger partial charge in [0.1, 0.15) is 0 Å². The Labute approximate surface area is 146 Å². The molecule has 4 bridgehead atoms. The standard InChI is InChI=1S/C20H23BrO2/c1-3-22-18-9-16(21)8-17(19(18)23-4-2)20-10-13-5-14(11-20)7-15(6-13)12-20/h3-4,8-9,13-15H,1-2,5-7,10-12H2. The van der Waals surface area contributed by atoms with Crippen molar-refractivity contribution >= 4 is 15.9 Å². The average molecular weight is 375 g/mol. The van der Waals surface area contributed by atoms with Gasteiger partial charge in [-0.2, -0.15) is 0 Å². The number of halogens is 1. The van der Waals surface area contributed by atoms with Gasteiger partial charge in [-0.25, -0.2) is 0 Å². The predicted molar refractivity (Wildman–Crippen MR) is 95.6 cm³/mol. The first kappa shape index (κ1) is 15.3. The van der Waals surface area contributed by atoms with Crippen LogP contribution in [0.4, 0.5) is 0 Å². The van der Waals surface area contributed by atoms with Crippen LogP contribution in [0.2, 0.25) is 0 Å². The van der Waals surface area contributed by atoms with Gasteiger partial charge >= 0.3 is 0 Å². The second-order valence-corrected chi connectivity index (χ2v) is 8.46. The van der Waals surface area contributed by atoms with E-state index in [4.69, 9.17) is 9.47 Å². The smallest absolute Gasteiger partial charge is 0.172 e. The second kappa shape index (κ2) is 5.70. The summed E-state index contributed by atoms with van der Waals surface area (Å²) in [7, 11) is 0. The first-order valence-corrected chi connectivity index (χ1v) is 9.32. The minimum absolute atomic E-state index is 0.246. The number of benzene rings is 1. The van der Waals surface area contributed by atoms with E-state index in [1.807, 2.05) is 6.07 Å². The number of hydrogen-bond donors (Lipinski definition) is 0. The Hall–Kier alpha value is -1.22. The van der Waals surface area contributed by atoms with Crippen molar-refractivity contribution in [3.05, 3.63) is 47.9 Å². The van der Waals surface area contributed by atoms with Crippen molar-refractivity contribution in [3.8, 4) is 11.5 Å². The van der Waals surface area contributed by atoms with Crippen molar-refractivity contribution in [2.45, 2.75) is 43.9 Å². The van der Waals surface area contributed by atoms with E-state index in [1.54, 1.807) is 0 Å². The summed E-state index contributed by atoms with van der Waals surface area (Å²) in [6, 6.07) is 4.19. The maximum Gasteiger partial charge on any atom is 0.172 e. The van der Waals surface area contributed by atoms with Gasteiger partial charge in [-0.3, -0.25) is 0 Å². The van der Waals surface area contributed by atoms with Crippen LogP contribution in [-0.4, -0.2) is 0 Å². The molecule has 0 spiro atoms. The maximum absolute atomic E-state index is 5.84. The molecule has 2 nitrogen and oxygen atoms in total. The van der Waals surface area contributed by atoms with E-state index in [-0.39, 0.29) is 5.41 Å². The molecule has 0 amide bonds. The Morgan fingerprint density at radius 2 is 1.52 bits per heavy atom. The highest BCUT2D eigenvalue weighted by Gasteiger charge is 2.52. The molecule has 1 aromatic carbocycles. The minimum Gasteiger partial charge on any atom is -0.462 e. The zero-order valence-corrected chi connectivity index (χ0v) is 15.0. The molecule has 1 aromatic rings. The van der Waals surface area contributed by atoms with Crippen LogP contribution in [0.5, 0.6) is 11.5 Å². The Morgan fingerprint density at radius 1 is 0.957 bits per heavy atom.